The fourth-order valence-corrected chi connectivity index (χ4v) is 4.59. The second-order valence-corrected chi connectivity index (χ2v) is 7.14. The molecule has 116 valence electrons. The average Bonchev–Trinajstić information content (AvgIpc) is 3.28. The molecule has 0 aromatic heterocycles. The van der Waals surface area contributed by atoms with Crippen LogP contribution in [0.25, 0.3) is 6.08 Å². The van der Waals surface area contributed by atoms with Crippen molar-refractivity contribution in [1.29, 1.82) is 0 Å². The Morgan fingerprint density at radius 1 is 0.870 bits per heavy atom. The third-order valence-electron chi connectivity index (χ3n) is 5.68. The summed E-state index contributed by atoms with van der Waals surface area (Å²) in [5.41, 5.74) is 5.91. The van der Waals surface area contributed by atoms with E-state index in [1.54, 1.807) is 5.57 Å². The van der Waals surface area contributed by atoms with E-state index >= 15 is 0 Å². The fourth-order valence-electron chi connectivity index (χ4n) is 4.59. The Morgan fingerprint density at radius 2 is 1.70 bits per heavy atom. The summed E-state index contributed by atoms with van der Waals surface area (Å²) in [4.78, 5) is 5.32. The molecule has 23 heavy (non-hydrogen) atoms. The first-order valence-electron chi connectivity index (χ1n) is 8.70. The second-order valence-electron chi connectivity index (χ2n) is 7.14. The van der Waals surface area contributed by atoms with Crippen LogP contribution in [0.1, 0.15) is 17.5 Å². The Balaban J connectivity index is 1.27. The molecule has 2 aromatic rings. The van der Waals surface area contributed by atoms with Gasteiger partial charge in [0.2, 0.25) is 0 Å². The van der Waals surface area contributed by atoms with Crippen molar-refractivity contribution < 1.29 is 0 Å². The van der Waals surface area contributed by atoms with E-state index in [4.69, 9.17) is 0 Å². The fraction of sp³-hybridized carbons (Fsp3) is 0.333. The Kier molecular flexibility index (Phi) is 3.05. The Morgan fingerprint density at radius 3 is 2.48 bits per heavy atom. The summed E-state index contributed by atoms with van der Waals surface area (Å²) in [5, 5.41) is 0. The van der Waals surface area contributed by atoms with Crippen molar-refractivity contribution in [1.82, 2.24) is 4.90 Å². The summed E-state index contributed by atoms with van der Waals surface area (Å²) in [6, 6.07) is 21.2. The molecule has 2 heterocycles. The quantitative estimate of drug-likeness (QED) is 0.855. The van der Waals surface area contributed by atoms with Gasteiger partial charge in [0.25, 0.3) is 0 Å². The van der Waals surface area contributed by atoms with Gasteiger partial charge in [-0.3, -0.25) is 4.90 Å². The largest absolute Gasteiger partial charge is 0.366 e. The molecule has 2 aliphatic heterocycles. The summed E-state index contributed by atoms with van der Waals surface area (Å²) in [7, 11) is 0. The summed E-state index contributed by atoms with van der Waals surface area (Å²) in [6.45, 7) is 3.56. The van der Waals surface area contributed by atoms with E-state index in [1.165, 1.54) is 36.3 Å². The number of hydrogen-bond donors (Lipinski definition) is 0. The molecule has 2 heteroatoms. The van der Waals surface area contributed by atoms with Crippen LogP contribution in [0.2, 0.25) is 0 Å². The normalized spacial score (nSPS) is 25.7. The van der Waals surface area contributed by atoms with Gasteiger partial charge < -0.3 is 4.90 Å². The van der Waals surface area contributed by atoms with Crippen molar-refractivity contribution in [2.75, 3.05) is 24.5 Å². The van der Waals surface area contributed by atoms with Crippen molar-refractivity contribution in [3.05, 3.63) is 71.3 Å². The maximum Gasteiger partial charge on any atom is 0.0433 e. The van der Waals surface area contributed by atoms with Gasteiger partial charge in [-0.2, -0.15) is 0 Å². The van der Waals surface area contributed by atoms with Crippen LogP contribution in [-0.4, -0.2) is 36.6 Å². The lowest BCUT2D eigenvalue weighted by Crippen LogP contribution is -2.47. The number of nitrogens with zero attached hydrogens (tertiary/aromatic N) is 2. The Hall–Kier alpha value is -2.06. The van der Waals surface area contributed by atoms with E-state index in [9.17, 15) is 0 Å². The number of fused-ring (bicyclic) bond motifs is 3. The van der Waals surface area contributed by atoms with Crippen LogP contribution in [0.15, 0.2) is 60.2 Å². The monoisotopic (exact) mass is 302 g/mol. The van der Waals surface area contributed by atoms with E-state index in [1.807, 2.05) is 0 Å². The highest BCUT2D eigenvalue weighted by molar-refractivity contribution is 5.64. The average molecular weight is 302 g/mol. The minimum atomic E-state index is 0.701. The van der Waals surface area contributed by atoms with Gasteiger partial charge in [-0.15, -0.1) is 0 Å². The summed E-state index contributed by atoms with van der Waals surface area (Å²) < 4.78 is 0. The predicted molar refractivity (Wildman–Crippen MR) is 95.7 cm³/mol. The van der Waals surface area contributed by atoms with E-state index in [0.717, 1.165) is 19.0 Å². The number of piperazine rings is 1. The third kappa shape index (κ3) is 2.29. The van der Waals surface area contributed by atoms with E-state index in [2.05, 4.69) is 70.5 Å². The Labute approximate surface area is 138 Å². The molecule has 1 aliphatic carbocycles. The van der Waals surface area contributed by atoms with Crippen molar-refractivity contribution in [3.63, 3.8) is 0 Å². The maximum atomic E-state index is 2.71. The molecule has 0 saturated carbocycles. The predicted octanol–water partition coefficient (Wildman–Crippen LogP) is 3.59. The molecule has 0 N–H and O–H groups in total. The van der Waals surface area contributed by atoms with E-state index in [0.29, 0.717) is 6.04 Å². The first kappa shape index (κ1) is 13.4. The lowest BCUT2D eigenvalue weighted by atomic mass is 10.1. The van der Waals surface area contributed by atoms with Crippen LogP contribution < -0.4 is 4.90 Å². The summed E-state index contributed by atoms with van der Waals surface area (Å²) in [5.74, 6) is 0. The molecule has 2 saturated heterocycles. The number of benzene rings is 2. The van der Waals surface area contributed by atoms with Crippen molar-refractivity contribution in [2.45, 2.75) is 24.9 Å². The van der Waals surface area contributed by atoms with Crippen molar-refractivity contribution in [2.24, 2.45) is 0 Å². The molecule has 1 unspecified atom stereocenters. The number of likely N-dealkylation sites (tertiary alicyclic amines) is 1. The van der Waals surface area contributed by atoms with Crippen LogP contribution in [0, 0.1) is 0 Å². The van der Waals surface area contributed by atoms with Crippen molar-refractivity contribution in [3.8, 4) is 0 Å². The molecular weight excluding hydrogens is 280 g/mol. The van der Waals surface area contributed by atoms with Gasteiger partial charge in [0.1, 0.15) is 0 Å². The van der Waals surface area contributed by atoms with E-state index in [-0.39, 0.29) is 0 Å². The molecule has 0 radical (unpaired) electrons. The highest BCUT2D eigenvalue weighted by Gasteiger charge is 2.43. The highest BCUT2D eigenvalue weighted by atomic mass is 15.3. The zero-order chi connectivity index (χ0) is 15.2. The van der Waals surface area contributed by atoms with Crippen LogP contribution in [0.4, 0.5) is 5.69 Å². The molecule has 2 fully saturated rings. The maximum absolute atomic E-state index is 2.71. The van der Waals surface area contributed by atoms with Gasteiger partial charge in [0.15, 0.2) is 0 Å². The number of hydrogen-bond acceptors (Lipinski definition) is 2. The molecule has 2 nitrogen and oxygen atoms in total. The van der Waals surface area contributed by atoms with Crippen LogP contribution in [-0.2, 0) is 6.42 Å². The minimum absolute atomic E-state index is 0.701. The van der Waals surface area contributed by atoms with Gasteiger partial charge in [0, 0.05) is 37.4 Å². The molecule has 3 aliphatic rings. The molecule has 0 amide bonds. The number of rotatable bonds is 3. The molecule has 5 rings (SSSR count). The SMILES string of the molecule is C1=C(CN2C[C@H]3CC2CN3c2ccccc2)Cc2ccccc21. The minimum Gasteiger partial charge on any atom is -0.366 e. The topological polar surface area (TPSA) is 6.48 Å². The van der Waals surface area contributed by atoms with Gasteiger partial charge >= 0.3 is 0 Å². The van der Waals surface area contributed by atoms with Crippen LogP contribution >= 0.6 is 0 Å². The van der Waals surface area contributed by atoms with Crippen LogP contribution in [0.5, 0.6) is 0 Å². The smallest absolute Gasteiger partial charge is 0.0433 e. The molecule has 2 aromatic carbocycles. The van der Waals surface area contributed by atoms with Crippen molar-refractivity contribution >= 4 is 11.8 Å². The number of anilines is 1. The van der Waals surface area contributed by atoms with Gasteiger partial charge in [-0.05, 0) is 36.1 Å². The zero-order valence-electron chi connectivity index (χ0n) is 13.4. The summed E-state index contributed by atoms with van der Waals surface area (Å²) >= 11 is 0. The highest BCUT2D eigenvalue weighted by Crippen LogP contribution is 2.36. The van der Waals surface area contributed by atoms with Crippen LogP contribution in [0.3, 0.4) is 0 Å². The zero-order valence-corrected chi connectivity index (χ0v) is 13.4. The standard InChI is InChI=1S/C21H22N2/c1-2-8-19(9-3-1)23-15-20-12-21(23)14-22(20)13-16-10-17-6-4-5-7-18(17)11-16/h1-10,20-21H,11-15H2/t20?,21-/m1/s1. The molecule has 2 bridgehead atoms. The lowest BCUT2D eigenvalue weighted by molar-refractivity contribution is 0.258. The molecule has 2 atom stereocenters. The molecular formula is C21H22N2. The van der Waals surface area contributed by atoms with Gasteiger partial charge in [-0.25, -0.2) is 0 Å². The Bertz CT molecular complexity index is 749. The third-order valence-corrected chi connectivity index (χ3v) is 5.68. The lowest BCUT2D eigenvalue weighted by Gasteiger charge is -2.35. The first-order valence-corrected chi connectivity index (χ1v) is 8.70. The van der Waals surface area contributed by atoms with E-state index < -0.39 is 0 Å². The molecule has 0 spiro atoms. The van der Waals surface area contributed by atoms with Gasteiger partial charge in [0.05, 0.1) is 0 Å². The first-order chi connectivity index (χ1) is 11.4. The van der Waals surface area contributed by atoms with Gasteiger partial charge in [-0.1, -0.05) is 54.1 Å². The second kappa shape index (κ2) is 5.24. The number of para-hydroxylation sites is 1. The summed E-state index contributed by atoms with van der Waals surface area (Å²) in [6.07, 6.45) is 4.89.